The lowest BCUT2D eigenvalue weighted by Crippen LogP contribution is -2.47. The van der Waals surface area contributed by atoms with Gasteiger partial charge in [0.2, 0.25) is 5.91 Å². The molecule has 2 fully saturated rings. The zero-order valence-electron chi connectivity index (χ0n) is 17.4. The molecule has 0 aromatic heterocycles. The topological polar surface area (TPSA) is 55.9 Å². The van der Waals surface area contributed by atoms with Gasteiger partial charge >= 0.3 is 6.03 Å². The number of likely N-dealkylation sites (tertiary alicyclic amines) is 1. The molecular formula is C24H30N4O2. The van der Waals surface area contributed by atoms with Crippen molar-refractivity contribution in [2.75, 3.05) is 32.7 Å². The van der Waals surface area contributed by atoms with Crippen LogP contribution in [0.3, 0.4) is 0 Å². The number of rotatable bonds is 7. The molecule has 158 valence electrons. The van der Waals surface area contributed by atoms with E-state index in [0.29, 0.717) is 19.6 Å². The zero-order valence-corrected chi connectivity index (χ0v) is 17.4. The van der Waals surface area contributed by atoms with Crippen LogP contribution in [0, 0.1) is 0 Å². The number of nitrogens with zero attached hydrogens (tertiary/aromatic N) is 3. The van der Waals surface area contributed by atoms with E-state index in [2.05, 4.69) is 34.5 Å². The summed E-state index contributed by atoms with van der Waals surface area (Å²) >= 11 is 0. The molecule has 6 nitrogen and oxygen atoms in total. The molecule has 2 aromatic carbocycles. The predicted molar refractivity (Wildman–Crippen MR) is 117 cm³/mol. The van der Waals surface area contributed by atoms with Crippen molar-refractivity contribution in [3.05, 3.63) is 71.8 Å². The van der Waals surface area contributed by atoms with E-state index in [9.17, 15) is 9.59 Å². The quantitative estimate of drug-likeness (QED) is 0.769. The van der Waals surface area contributed by atoms with Crippen molar-refractivity contribution >= 4 is 11.9 Å². The molecular weight excluding hydrogens is 376 g/mol. The number of urea groups is 1. The van der Waals surface area contributed by atoms with Gasteiger partial charge in [0.05, 0.1) is 0 Å². The summed E-state index contributed by atoms with van der Waals surface area (Å²) in [6.07, 6.45) is 1.90. The third-order valence-electron chi connectivity index (χ3n) is 5.93. The van der Waals surface area contributed by atoms with Crippen LogP contribution in [-0.2, 0) is 17.9 Å². The second-order valence-corrected chi connectivity index (χ2v) is 8.21. The molecule has 0 aliphatic carbocycles. The van der Waals surface area contributed by atoms with Crippen LogP contribution in [0.5, 0.6) is 0 Å². The Kier molecular flexibility index (Phi) is 6.64. The number of carbonyl (C=O) groups is 2. The van der Waals surface area contributed by atoms with Gasteiger partial charge in [0.15, 0.2) is 0 Å². The molecule has 0 saturated carbocycles. The number of hydrogen-bond donors (Lipinski definition) is 1. The average Bonchev–Trinajstić information content (AvgIpc) is 3.10. The van der Waals surface area contributed by atoms with Gasteiger partial charge in [-0.2, -0.15) is 0 Å². The Morgan fingerprint density at radius 1 is 0.800 bits per heavy atom. The van der Waals surface area contributed by atoms with Gasteiger partial charge in [-0.25, -0.2) is 4.79 Å². The number of piperidine rings is 1. The largest absolute Gasteiger partial charge is 0.352 e. The molecule has 6 heteroatoms. The number of amides is 3. The molecule has 2 aliphatic rings. The van der Waals surface area contributed by atoms with E-state index in [1.165, 1.54) is 5.56 Å². The fourth-order valence-corrected chi connectivity index (χ4v) is 4.25. The first-order valence-electron chi connectivity index (χ1n) is 10.8. The van der Waals surface area contributed by atoms with E-state index in [0.717, 1.165) is 38.0 Å². The highest BCUT2D eigenvalue weighted by molar-refractivity contribution is 5.85. The van der Waals surface area contributed by atoms with Crippen LogP contribution in [0.25, 0.3) is 0 Å². The van der Waals surface area contributed by atoms with Crippen molar-refractivity contribution < 1.29 is 9.59 Å². The number of hydrogen-bond acceptors (Lipinski definition) is 3. The highest BCUT2D eigenvalue weighted by Crippen LogP contribution is 2.15. The molecule has 2 aliphatic heterocycles. The smallest absolute Gasteiger partial charge is 0.320 e. The van der Waals surface area contributed by atoms with Gasteiger partial charge in [-0.05, 0) is 24.0 Å². The standard InChI is InChI=1S/C24H30N4O2/c29-23(19-28-16-15-27(24(28)30)18-21-9-5-2-6-10-21)25-22-11-13-26(14-12-22)17-20-7-3-1-4-8-20/h1-10,22H,11-19H2,(H,25,29). The maximum atomic E-state index is 12.6. The summed E-state index contributed by atoms with van der Waals surface area (Å²) in [5.74, 6) is -0.0496. The van der Waals surface area contributed by atoms with Gasteiger partial charge < -0.3 is 15.1 Å². The van der Waals surface area contributed by atoms with Gasteiger partial charge in [0.1, 0.15) is 6.54 Å². The number of carbonyl (C=O) groups excluding carboxylic acids is 2. The van der Waals surface area contributed by atoms with Crippen LogP contribution in [0.15, 0.2) is 60.7 Å². The van der Waals surface area contributed by atoms with E-state index in [4.69, 9.17) is 0 Å². The van der Waals surface area contributed by atoms with E-state index < -0.39 is 0 Å². The normalized spacial score (nSPS) is 18.1. The minimum absolute atomic E-state index is 0.0494. The Balaban J connectivity index is 1.18. The summed E-state index contributed by atoms with van der Waals surface area (Å²) in [6.45, 7) is 4.93. The van der Waals surface area contributed by atoms with Crippen molar-refractivity contribution in [1.82, 2.24) is 20.0 Å². The molecule has 0 spiro atoms. The van der Waals surface area contributed by atoms with Crippen molar-refractivity contribution in [2.24, 2.45) is 0 Å². The van der Waals surface area contributed by atoms with Crippen molar-refractivity contribution in [3.63, 3.8) is 0 Å². The Hall–Kier alpha value is -2.86. The Morgan fingerprint density at radius 2 is 1.37 bits per heavy atom. The van der Waals surface area contributed by atoms with Crippen molar-refractivity contribution in [3.8, 4) is 0 Å². The highest BCUT2D eigenvalue weighted by Gasteiger charge is 2.30. The van der Waals surface area contributed by atoms with Crippen LogP contribution < -0.4 is 5.32 Å². The van der Waals surface area contributed by atoms with Crippen LogP contribution in [0.2, 0.25) is 0 Å². The van der Waals surface area contributed by atoms with Crippen molar-refractivity contribution in [1.29, 1.82) is 0 Å². The number of nitrogens with one attached hydrogen (secondary N) is 1. The molecule has 2 saturated heterocycles. The Labute approximate surface area is 178 Å². The molecule has 3 amide bonds. The first kappa shape index (κ1) is 20.4. The summed E-state index contributed by atoms with van der Waals surface area (Å²) in [7, 11) is 0. The number of benzene rings is 2. The third-order valence-corrected chi connectivity index (χ3v) is 5.93. The van der Waals surface area contributed by atoms with Gasteiger partial charge in [-0.15, -0.1) is 0 Å². The Morgan fingerprint density at radius 3 is 2.00 bits per heavy atom. The van der Waals surface area contributed by atoms with E-state index >= 15 is 0 Å². The van der Waals surface area contributed by atoms with Crippen LogP contribution in [0.4, 0.5) is 4.79 Å². The first-order chi connectivity index (χ1) is 14.7. The molecule has 0 unspecified atom stereocenters. The van der Waals surface area contributed by atoms with Gasteiger partial charge in [0, 0.05) is 45.3 Å². The molecule has 4 rings (SSSR count). The molecule has 2 heterocycles. The lowest BCUT2D eigenvalue weighted by Gasteiger charge is -2.32. The maximum Gasteiger partial charge on any atom is 0.320 e. The van der Waals surface area contributed by atoms with Gasteiger partial charge in [0.25, 0.3) is 0 Å². The first-order valence-corrected chi connectivity index (χ1v) is 10.8. The van der Waals surface area contributed by atoms with Crippen LogP contribution in [-0.4, -0.2) is 65.4 Å². The molecule has 0 bridgehead atoms. The molecule has 0 atom stereocenters. The Bertz CT molecular complexity index is 835. The van der Waals surface area contributed by atoms with Crippen LogP contribution in [0.1, 0.15) is 24.0 Å². The summed E-state index contributed by atoms with van der Waals surface area (Å²) < 4.78 is 0. The SMILES string of the molecule is O=C(CN1CCN(Cc2ccccc2)C1=O)NC1CCN(Cc2ccccc2)CC1. The van der Waals surface area contributed by atoms with E-state index in [1.54, 1.807) is 4.90 Å². The molecule has 1 N–H and O–H groups in total. The lowest BCUT2D eigenvalue weighted by molar-refractivity contribution is -0.122. The average molecular weight is 407 g/mol. The van der Waals surface area contributed by atoms with E-state index in [1.807, 2.05) is 41.3 Å². The monoisotopic (exact) mass is 406 g/mol. The van der Waals surface area contributed by atoms with Crippen molar-refractivity contribution in [2.45, 2.75) is 32.0 Å². The van der Waals surface area contributed by atoms with Crippen LogP contribution >= 0.6 is 0 Å². The second kappa shape index (κ2) is 9.76. The van der Waals surface area contributed by atoms with Gasteiger partial charge in [-0.3, -0.25) is 9.69 Å². The second-order valence-electron chi connectivity index (χ2n) is 8.21. The minimum atomic E-state index is -0.0496. The maximum absolute atomic E-state index is 12.6. The van der Waals surface area contributed by atoms with Gasteiger partial charge in [-0.1, -0.05) is 60.7 Å². The fraction of sp³-hybridized carbons (Fsp3) is 0.417. The lowest BCUT2D eigenvalue weighted by atomic mass is 10.0. The third kappa shape index (κ3) is 5.39. The molecule has 0 radical (unpaired) electrons. The predicted octanol–water partition coefficient (Wildman–Crippen LogP) is 2.71. The highest BCUT2D eigenvalue weighted by atomic mass is 16.2. The minimum Gasteiger partial charge on any atom is -0.352 e. The summed E-state index contributed by atoms with van der Waals surface area (Å²) in [5, 5.41) is 3.14. The summed E-state index contributed by atoms with van der Waals surface area (Å²) in [4.78, 5) is 31.0. The van der Waals surface area contributed by atoms with E-state index in [-0.39, 0.29) is 24.5 Å². The fourth-order valence-electron chi connectivity index (χ4n) is 4.25. The zero-order chi connectivity index (χ0) is 20.8. The summed E-state index contributed by atoms with van der Waals surface area (Å²) in [6, 6.07) is 20.6. The molecule has 30 heavy (non-hydrogen) atoms. The molecule has 2 aromatic rings. The summed E-state index contributed by atoms with van der Waals surface area (Å²) in [5.41, 5.74) is 2.44.